The zero-order valence-corrected chi connectivity index (χ0v) is 12.9. The number of benzene rings is 2. The number of hydrogen-bond donors (Lipinski definition) is 1. The number of carbonyl (C=O) groups is 1. The first kappa shape index (κ1) is 15.4. The number of nitrogens with one attached hydrogen (secondary N) is 1. The van der Waals surface area contributed by atoms with E-state index in [4.69, 9.17) is 16.3 Å². The van der Waals surface area contributed by atoms with Crippen LogP contribution in [0.5, 0.6) is 5.75 Å². The van der Waals surface area contributed by atoms with Crippen LogP contribution in [0.4, 0.5) is 0 Å². The van der Waals surface area contributed by atoms with Gasteiger partial charge in [-0.1, -0.05) is 41.4 Å². The van der Waals surface area contributed by atoms with E-state index in [0.717, 1.165) is 5.75 Å². The highest BCUT2D eigenvalue weighted by Gasteiger charge is 2.12. The van der Waals surface area contributed by atoms with Gasteiger partial charge < -0.3 is 10.1 Å². The molecule has 0 bridgehead atoms. The Morgan fingerprint density at radius 3 is 2.52 bits per heavy atom. The fourth-order valence-electron chi connectivity index (χ4n) is 1.84. The molecule has 1 atom stereocenters. The first-order valence-corrected chi connectivity index (χ1v) is 7.19. The molecule has 2 rings (SSSR count). The SMILES string of the molecule is Cc1ccc(OC[C@H](C)NC(=O)c2ccccc2Cl)cc1. The van der Waals surface area contributed by atoms with Gasteiger partial charge in [0.15, 0.2) is 0 Å². The lowest BCUT2D eigenvalue weighted by molar-refractivity contribution is 0.0927. The van der Waals surface area contributed by atoms with Crippen molar-refractivity contribution in [1.29, 1.82) is 0 Å². The number of halogens is 1. The highest BCUT2D eigenvalue weighted by molar-refractivity contribution is 6.33. The van der Waals surface area contributed by atoms with E-state index in [2.05, 4.69) is 5.32 Å². The van der Waals surface area contributed by atoms with Crippen molar-refractivity contribution in [2.75, 3.05) is 6.61 Å². The molecule has 0 spiro atoms. The van der Waals surface area contributed by atoms with Crippen LogP contribution in [0.3, 0.4) is 0 Å². The summed E-state index contributed by atoms with van der Waals surface area (Å²) in [4.78, 5) is 12.1. The van der Waals surface area contributed by atoms with E-state index in [-0.39, 0.29) is 11.9 Å². The Bertz CT molecular complexity index is 610. The second kappa shape index (κ2) is 7.14. The maximum absolute atomic E-state index is 12.1. The Morgan fingerprint density at radius 1 is 1.19 bits per heavy atom. The molecule has 3 nitrogen and oxygen atoms in total. The normalized spacial score (nSPS) is 11.8. The third-order valence-electron chi connectivity index (χ3n) is 3.02. The van der Waals surface area contributed by atoms with Gasteiger partial charge in [0, 0.05) is 0 Å². The van der Waals surface area contributed by atoms with Crippen LogP contribution in [0, 0.1) is 6.92 Å². The summed E-state index contributed by atoms with van der Waals surface area (Å²) in [5, 5.41) is 3.32. The maximum Gasteiger partial charge on any atom is 0.253 e. The van der Waals surface area contributed by atoms with Crippen LogP contribution in [-0.4, -0.2) is 18.6 Å². The average molecular weight is 304 g/mol. The minimum atomic E-state index is -0.194. The standard InChI is InChI=1S/C17H18ClNO2/c1-12-7-9-14(10-8-12)21-11-13(2)19-17(20)15-5-3-4-6-16(15)18/h3-10,13H,11H2,1-2H3,(H,19,20)/t13-/m0/s1. The molecule has 110 valence electrons. The second-order valence-corrected chi connectivity index (χ2v) is 5.39. The lowest BCUT2D eigenvalue weighted by atomic mass is 10.2. The zero-order chi connectivity index (χ0) is 15.2. The molecule has 0 unspecified atom stereocenters. The van der Waals surface area contributed by atoms with Crippen LogP contribution >= 0.6 is 11.6 Å². The van der Waals surface area contributed by atoms with Crippen molar-refractivity contribution in [3.05, 3.63) is 64.7 Å². The molecule has 21 heavy (non-hydrogen) atoms. The summed E-state index contributed by atoms with van der Waals surface area (Å²) in [5.74, 6) is 0.597. The predicted octanol–water partition coefficient (Wildman–Crippen LogP) is 3.85. The molecule has 2 aromatic rings. The third-order valence-corrected chi connectivity index (χ3v) is 3.35. The molecular formula is C17H18ClNO2. The highest BCUT2D eigenvalue weighted by Crippen LogP contribution is 2.15. The van der Waals surface area contributed by atoms with Gasteiger partial charge in [-0.3, -0.25) is 4.79 Å². The highest BCUT2D eigenvalue weighted by atomic mass is 35.5. The summed E-state index contributed by atoms with van der Waals surface area (Å²) in [6.07, 6.45) is 0. The number of aryl methyl sites for hydroxylation is 1. The van der Waals surface area contributed by atoms with Crippen molar-refractivity contribution in [2.45, 2.75) is 19.9 Å². The summed E-state index contributed by atoms with van der Waals surface area (Å²) >= 11 is 6.00. The third kappa shape index (κ3) is 4.50. The largest absolute Gasteiger partial charge is 0.491 e. The lowest BCUT2D eigenvalue weighted by Gasteiger charge is -2.15. The minimum absolute atomic E-state index is 0.116. The van der Waals surface area contributed by atoms with Crippen LogP contribution in [0.2, 0.25) is 5.02 Å². The molecule has 0 radical (unpaired) electrons. The van der Waals surface area contributed by atoms with Gasteiger partial charge in [-0.25, -0.2) is 0 Å². The predicted molar refractivity (Wildman–Crippen MR) is 85.1 cm³/mol. The monoisotopic (exact) mass is 303 g/mol. The molecule has 0 aliphatic carbocycles. The van der Waals surface area contributed by atoms with Gasteiger partial charge in [-0.05, 0) is 38.1 Å². The van der Waals surface area contributed by atoms with Gasteiger partial charge in [0.05, 0.1) is 16.6 Å². The van der Waals surface area contributed by atoms with Gasteiger partial charge in [-0.2, -0.15) is 0 Å². The minimum Gasteiger partial charge on any atom is -0.491 e. The molecule has 2 aromatic carbocycles. The van der Waals surface area contributed by atoms with Crippen LogP contribution in [-0.2, 0) is 0 Å². The molecule has 4 heteroatoms. The number of carbonyl (C=O) groups excluding carboxylic acids is 1. The number of ether oxygens (including phenoxy) is 1. The van der Waals surface area contributed by atoms with E-state index in [1.165, 1.54) is 5.56 Å². The molecule has 0 saturated carbocycles. The maximum atomic E-state index is 12.1. The van der Waals surface area contributed by atoms with E-state index in [0.29, 0.717) is 17.2 Å². The van der Waals surface area contributed by atoms with Gasteiger partial charge in [0.2, 0.25) is 0 Å². The fourth-order valence-corrected chi connectivity index (χ4v) is 2.07. The number of hydrogen-bond acceptors (Lipinski definition) is 2. The molecule has 0 aliphatic heterocycles. The molecule has 1 N–H and O–H groups in total. The first-order chi connectivity index (χ1) is 10.1. The van der Waals surface area contributed by atoms with Gasteiger partial charge >= 0.3 is 0 Å². The van der Waals surface area contributed by atoms with E-state index in [1.54, 1.807) is 24.3 Å². The van der Waals surface area contributed by atoms with Crippen molar-refractivity contribution in [2.24, 2.45) is 0 Å². The summed E-state index contributed by atoms with van der Waals surface area (Å²) < 4.78 is 5.64. The second-order valence-electron chi connectivity index (χ2n) is 4.98. The quantitative estimate of drug-likeness (QED) is 0.911. The smallest absolute Gasteiger partial charge is 0.253 e. The molecule has 1 amide bonds. The van der Waals surface area contributed by atoms with Crippen molar-refractivity contribution < 1.29 is 9.53 Å². The Kier molecular flexibility index (Phi) is 5.23. The first-order valence-electron chi connectivity index (χ1n) is 6.81. The molecule has 0 saturated heterocycles. The Labute approximate surface area is 129 Å². The van der Waals surface area contributed by atoms with E-state index < -0.39 is 0 Å². The fraction of sp³-hybridized carbons (Fsp3) is 0.235. The topological polar surface area (TPSA) is 38.3 Å². The summed E-state index contributed by atoms with van der Waals surface area (Å²) in [7, 11) is 0. The molecule has 0 aromatic heterocycles. The Morgan fingerprint density at radius 2 is 1.86 bits per heavy atom. The van der Waals surface area contributed by atoms with E-state index in [1.807, 2.05) is 38.1 Å². The van der Waals surface area contributed by atoms with Crippen molar-refractivity contribution in [3.63, 3.8) is 0 Å². The van der Waals surface area contributed by atoms with E-state index >= 15 is 0 Å². The summed E-state index contributed by atoms with van der Waals surface area (Å²) in [5.41, 5.74) is 1.66. The van der Waals surface area contributed by atoms with Gasteiger partial charge in [0.25, 0.3) is 5.91 Å². The molecule has 0 heterocycles. The number of rotatable bonds is 5. The molecule has 0 fully saturated rings. The van der Waals surface area contributed by atoms with Crippen molar-refractivity contribution in [3.8, 4) is 5.75 Å². The Balaban J connectivity index is 1.87. The number of amides is 1. The van der Waals surface area contributed by atoms with Crippen molar-refractivity contribution >= 4 is 17.5 Å². The van der Waals surface area contributed by atoms with Crippen LogP contribution in [0.25, 0.3) is 0 Å². The summed E-state index contributed by atoms with van der Waals surface area (Å²) in [6, 6.07) is 14.7. The average Bonchev–Trinajstić information content (AvgIpc) is 2.47. The van der Waals surface area contributed by atoms with Crippen LogP contribution in [0.15, 0.2) is 48.5 Å². The Hall–Kier alpha value is -2.00. The molecule has 0 aliphatic rings. The van der Waals surface area contributed by atoms with Gasteiger partial charge in [-0.15, -0.1) is 0 Å². The van der Waals surface area contributed by atoms with Gasteiger partial charge in [0.1, 0.15) is 12.4 Å². The van der Waals surface area contributed by atoms with E-state index in [9.17, 15) is 4.79 Å². The summed E-state index contributed by atoms with van der Waals surface area (Å²) in [6.45, 7) is 4.32. The molecular weight excluding hydrogens is 286 g/mol. The lowest BCUT2D eigenvalue weighted by Crippen LogP contribution is -2.36. The van der Waals surface area contributed by atoms with Crippen molar-refractivity contribution in [1.82, 2.24) is 5.32 Å². The van der Waals surface area contributed by atoms with Crippen LogP contribution in [0.1, 0.15) is 22.8 Å². The zero-order valence-electron chi connectivity index (χ0n) is 12.1. The van der Waals surface area contributed by atoms with Crippen LogP contribution < -0.4 is 10.1 Å².